The molecular weight excluding hydrogens is 370 g/mol. The van der Waals surface area contributed by atoms with Crippen LogP contribution in [0.5, 0.6) is 17.2 Å². The van der Waals surface area contributed by atoms with Crippen LogP contribution in [-0.2, 0) is 4.74 Å². The average Bonchev–Trinajstić information content (AvgIpc) is 2.74. The van der Waals surface area contributed by atoms with Gasteiger partial charge in [0.15, 0.2) is 5.78 Å². The fourth-order valence-electron chi connectivity index (χ4n) is 3.80. The van der Waals surface area contributed by atoms with Gasteiger partial charge in [-0.15, -0.1) is 0 Å². The highest BCUT2D eigenvalue weighted by Gasteiger charge is 2.30. The lowest BCUT2D eigenvalue weighted by atomic mass is 9.95. The van der Waals surface area contributed by atoms with E-state index in [1.165, 1.54) is 6.07 Å². The quantitative estimate of drug-likeness (QED) is 0.720. The summed E-state index contributed by atoms with van der Waals surface area (Å²) >= 11 is 0. The number of phenols is 1. The first kappa shape index (κ1) is 19.7. The van der Waals surface area contributed by atoms with Crippen molar-refractivity contribution in [1.82, 2.24) is 4.90 Å². The molecule has 0 bridgehead atoms. The van der Waals surface area contributed by atoms with Crippen molar-refractivity contribution in [3.8, 4) is 17.2 Å². The predicted molar refractivity (Wildman–Crippen MR) is 109 cm³/mol. The molecule has 1 atom stereocenters. The Labute approximate surface area is 171 Å². The maximum atomic E-state index is 12.6. The summed E-state index contributed by atoms with van der Waals surface area (Å²) in [5.74, 6) is 0.713. The third-order valence-corrected chi connectivity index (χ3v) is 5.39. The highest BCUT2D eigenvalue weighted by atomic mass is 16.5. The zero-order valence-corrected chi connectivity index (χ0v) is 16.5. The van der Waals surface area contributed by atoms with Crippen molar-refractivity contribution < 1.29 is 24.1 Å². The minimum absolute atomic E-state index is 0.0812. The lowest BCUT2D eigenvalue weighted by Crippen LogP contribution is -2.36. The molecule has 6 heteroatoms. The summed E-state index contributed by atoms with van der Waals surface area (Å²) in [6.45, 7) is 5.21. The number of morpholine rings is 1. The molecular formula is C23H27NO5. The van der Waals surface area contributed by atoms with Crippen molar-refractivity contribution in [2.24, 2.45) is 0 Å². The van der Waals surface area contributed by atoms with Gasteiger partial charge in [0.05, 0.1) is 26.2 Å². The molecule has 0 saturated carbocycles. The summed E-state index contributed by atoms with van der Waals surface area (Å²) in [5.41, 5.74) is 1.19. The number of ether oxygens (including phenoxy) is 3. The molecule has 2 aromatic rings. The molecule has 1 fully saturated rings. The largest absolute Gasteiger partial charge is 0.507 e. The van der Waals surface area contributed by atoms with Crippen LogP contribution < -0.4 is 9.47 Å². The van der Waals surface area contributed by atoms with Gasteiger partial charge in [-0.2, -0.15) is 0 Å². The molecule has 0 spiro atoms. The van der Waals surface area contributed by atoms with Crippen LogP contribution in [-0.4, -0.2) is 55.2 Å². The molecule has 0 aromatic heterocycles. The van der Waals surface area contributed by atoms with E-state index >= 15 is 0 Å². The normalized spacial score (nSPS) is 19.4. The number of carbonyl (C=O) groups is 1. The second-order valence-electron chi connectivity index (χ2n) is 7.47. The molecule has 1 saturated heterocycles. The predicted octanol–water partition coefficient (Wildman–Crippen LogP) is 3.59. The van der Waals surface area contributed by atoms with Gasteiger partial charge in [-0.1, -0.05) is 30.3 Å². The monoisotopic (exact) mass is 397 g/mol. The van der Waals surface area contributed by atoms with Crippen LogP contribution in [0.3, 0.4) is 0 Å². The number of rotatable bonds is 7. The topological polar surface area (TPSA) is 68.2 Å². The van der Waals surface area contributed by atoms with Gasteiger partial charge in [0.1, 0.15) is 28.9 Å². The van der Waals surface area contributed by atoms with E-state index in [1.807, 2.05) is 30.3 Å². The summed E-state index contributed by atoms with van der Waals surface area (Å²) in [6.07, 6.45) is 1.83. The molecule has 0 radical (unpaired) electrons. The smallest absolute Gasteiger partial charge is 0.174 e. The van der Waals surface area contributed by atoms with Crippen molar-refractivity contribution in [2.45, 2.75) is 25.4 Å². The highest BCUT2D eigenvalue weighted by molar-refractivity contribution is 6.02. The Morgan fingerprint density at radius 2 is 1.90 bits per heavy atom. The molecule has 2 aromatic carbocycles. The van der Waals surface area contributed by atoms with Crippen LogP contribution in [0.25, 0.3) is 0 Å². The summed E-state index contributed by atoms with van der Waals surface area (Å²) in [4.78, 5) is 15.0. The van der Waals surface area contributed by atoms with Crippen molar-refractivity contribution in [3.05, 3.63) is 53.6 Å². The second-order valence-corrected chi connectivity index (χ2v) is 7.47. The number of nitrogens with zero attached hydrogens (tertiary/aromatic N) is 1. The van der Waals surface area contributed by atoms with Gasteiger partial charge >= 0.3 is 0 Å². The van der Waals surface area contributed by atoms with Crippen molar-refractivity contribution in [1.29, 1.82) is 0 Å². The van der Waals surface area contributed by atoms with E-state index in [0.717, 1.165) is 51.3 Å². The van der Waals surface area contributed by atoms with Gasteiger partial charge in [0.2, 0.25) is 0 Å². The zero-order chi connectivity index (χ0) is 20.1. The number of benzene rings is 2. The number of hydrogen-bond donors (Lipinski definition) is 1. The lowest BCUT2D eigenvalue weighted by Gasteiger charge is -2.27. The molecule has 0 amide bonds. The van der Waals surface area contributed by atoms with Crippen molar-refractivity contribution in [2.75, 3.05) is 39.5 Å². The maximum absolute atomic E-state index is 12.6. The molecule has 1 unspecified atom stereocenters. The van der Waals surface area contributed by atoms with Gasteiger partial charge in [0, 0.05) is 25.2 Å². The summed E-state index contributed by atoms with van der Waals surface area (Å²) in [5, 5.41) is 10.3. The van der Waals surface area contributed by atoms with Crippen LogP contribution in [0.15, 0.2) is 42.5 Å². The third-order valence-electron chi connectivity index (χ3n) is 5.39. The van der Waals surface area contributed by atoms with E-state index < -0.39 is 0 Å². The number of ketones is 1. The number of carbonyl (C=O) groups excluding carboxylic acids is 1. The number of Topliss-reactive ketones (excluding diaryl/α,β-unsaturated/α-hetero) is 1. The number of aromatic hydroxyl groups is 1. The fraction of sp³-hybridized carbons (Fsp3) is 0.435. The highest BCUT2D eigenvalue weighted by Crippen LogP contribution is 2.41. The van der Waals surface area contributed by atoms with Crippen LogP contribution >= 0.6 is 0 Å². The molecule has 4 rings (SSSR count). The number of hydrogen-bond acceptors (Lipinski definition) is 6. The molecule has 1 N–H and O–H groups in total. The first-order chi connectivity index (χ1) is 14.2. The fourth-order valence-corrected chi connectivity index (χ4v) is 3.80. The zero-order valence-electron chi connectivity index (χ0n) is 16.5. The summed E-state index contributed by atoms with van der Waals surface area (Å²) in [6, 6.07) is 12.9. The lowest BCUT2D eigenvalue weighted by molar-refractivity contribution is 0.0368. The first-order valence-corrected chi connectivity index (χ1v) is 10.3. The Kier molecular flexibility index (Phi) is 6.32. The van der Waals surface area contributed by atoms with Crippen molar-refractivity contribution in [3.63, 3.8) is 0 Å². The molecule has 2 aliphatic rings. The molecule has 154 valence electrons. The Morgan fingerprint density at radius 1 is 1.10 bits per heavy atom. The SMILES string of the molecule is O=C1CC(c2ccccc2)Oc2cc(OCCCCN3CCOCC3)cc(O)c21. The third kappa shape index (κ3) is 4.89. The van der Waals surface area contributed by atoms with Crippen LogP contribution in [0.4, 0.5) is 0 Å². The summed E-state index contributed by atoms with van der Waals surface area (Å²) in [7, 11) is 0. The van der Waals surface area contributed by atoms with Gasteiger partial charge in [-0.05, 0) is 24.9 Å². The molecule has 2 heterocycles. The van der Waals surface area contributed by atoms with E-state index in [9.17, 15) is 9.90 Å². The number of phenolic OH excluding ortho intramolecular Hbond substituents is 1. The Morgan fingerprint density at radius 3 is 2.69 bits per heavy atom. The van der Waals surface area contributed by atoms with E-state index in [0.29, 0.717) is 18.1 Å². The minimum Gasteiger partial charge on any atom is -0.507 e. The van der Waals surface area contributed by atoms with Crippen molar-refractivity contribution >= 4 is 5.78 Å². The van der Waals surface area contributed by atoms with Crippen LogP contribution in [0, 0.1) is 0 Å². The van der Waals surface area contributed by atoms with E-state index in [1.54, 1.807) is 6.07 Å². The molecule has 0 aliphatic carbocycles. The van der Waals surface area contributed by atoms with Crippen LogP contribution in [0.1, 0.15) is 41.3 Å². The van der Waals surface area contributed by atoms with Gasteiger partial charge < -0.3 is 19.3 Å². The first-order valence-electron chi connectivity index (χ1n) is 10.3. The Balaban J connectivity index is 1.35. The Bertz CT molecular complexity index is 833. The molecule has 29 heavy (non-hydrogen) atoms. The standard InChI is InChI=1S/C23H27NO5/c25-19-14-18(28-11-5-4-8-24-9-12-27-13-10-24)15-22-23(19)20(26)16-21(29-22)17-6-2-1-3-7-17/h1-3,6-7,14-15,21,25H,4-5,8-13,16H2. The number of fused-ring (bicyclic) bond motifs is 1. The van der Waals surface area contributed by atoms with Crippen LogP contribution in [0.2, 0.25) is 0 Å². The second kappa shape index (κ2) is 9.29. The maximum Gasteiger partial charge on any atom is 0.174 e. The van der Waals surface area contributed by atoms with Gasteiger partial charge in [-0.25, -0.2) is 0 Å². The van der Waals surface area contributed by atoms with E-state index in [-0.39, 0.29) is 29.6 Å². The molecule has 6 nitrogen and oxygen atoms in total. The van der Waals surface area contributed by atoms with E-state index in [2.05, 4.69) is 4.90 Å². The number of unbranched alkanes of at least 4 members (excludes halogenated alkanes) is 1. The Hall–Kier alpha value is -2.57. The average molecular weight is 397 g/mol. The van der Waals surface area contributed by atoms with E-state index in [4.69, 9.17) is 14.2 Å². The molecule has 2 aliphatic heterocycles. The summed E-state index contributed by atoms with van der Waals surface area (Å²) < 4.78 is 17.2. The van der Waals surface area contributed by atoms with Gasteiger partial charge in [-0.3, -0.25) is 9.69 Å². The minimum atomic E-state index is -0.348. The van der Waals surface area contributed by atoms with Gasteiger partial charge in [0.25, 0.3) is 0 Å².